The van der Waals surface area contributed by atoms with Crippen LogP contribution < -0.4 is 10.0 Å². The maximum absolute atomic E-state index is 13.4. The number of hydrogen-bond donors (Lipinski definition) is 2. The standard InChI is InChI=1S/C51H101N5O10S/c1-14-15-16-17-18-19-20-21-22-23-24-25-26-27-28-31-43-67(61,62)53-36-33-40-56(47(60)66-51(11,12)13)42-34-41-55(46(59)65-50(8,9)10)38-30-29-37-54(45(58)64-49(5,6)7)39-32-35-52-44(57)63-48(2,3)4/h53H,14-43H2,1-13H3,(H,52,57). The highest BCUT2D eigenvalue weighted by molar-refractivity contribution is 7.89. The fourth-order valence-corrected chi connectivity index (χ4v) is 8.29. The van der Waals surface area contributed by atoms with Crippen molar-refractivity contribution in [3.8, 4) is 0 Å². The molecule has 0 aliphatic rings. The first-order chi connectivity index (χ1) is 31.1. The van der Waals surface area contributed by atoms with Gasteiger partial charge in [-0.25, -0.2) is 32.3 Å². The van der Waals surface area contributed by atoms with E-state index in [4.69, 9.17) is 18.9 Å². The molecule has 0 fully saturated rings. The number of sulfonamides is 1. The van der Waals surface area contributed by atoms with E-state index in [1.165, 1.54) is 77.0 Å². The minimum atomic E-state index is -3.44. The Hall–Kier alpha value is -3.01. The number of carbonyl (C=O) groups is 4. The molecule has 0 saturated heterocycles. The first-order valence-electron chi connectivity index (χ1n) is 26.0. The highest BCUT2D eigenvalue weighted by Crippen LogP contribution is 2.17. The van der Waals surface area contributed by atoms with Crippen LogP contribution in [0.2, 0.25) is 0 Å². The summed E-state index contributed by atoms with van der Waals surface area (Å²) in [5, 5.41) is 2.73. The Morgan fingerprint density at radius 2 is 0.687 bits per heavy atom. The van der Waals surface area contributed by atoms with Crippen LogP contribution in [0.4, 0.5) is 19.2 Å². The second-order valence-electron chi connectivity index (χ2n) is 22.1. The maximum atomic E-state index is 13.4. The molecule has 0 rings (SSSR count). The van der Waals surface area contributed by atoms with Gasteiger partial charge in [0.2, 0.25) is 10.0 Å². The summed E-state index contributed by atoms with van der Waals surface area (Å²) in [6.07, 6.45) is 20.2. The van der Waals surface area contributed by atoms with E-state index in [-0.39, 0.29) is 25.4 Å². The second-order valence-corrected chi connectivity index (χ2v) is 24.0. The van der Waals surface area contributed by atoms with Gasteiger partial charge in [0.15, 0.2) is 0 Å². The molecule has 16 heteroatoms. The van der Waals surface area contributed by atoms with Crippen LogP contribution in [-0.4, -0.2) is 128 Å². The minimum Gasteiger partial charge on any atom is -0.444 e. The molecule has 0 aliphatic heterocycles. The van der Waals surface area contributed by atoms with Gasteiger partial charge in [0.1, 0.15) is 22.4 Å². The molecule has 0 aromatic heterocycles. The number of carbonyl (C=O) groups excluding carboxylic acids is 4. The molecular formula is C51H101N5O10S. The van der Waals surface area contributed by atoms with E-state index >= 15 is 0 Å². The van der Waals surface area contributed by atoms with Gasteiger partial charge in [-0.2, -0.15) is 0 Å². The summed E-state index contributed by atoms with van der Waals surface area (Å²) in [5.74, 6) is 0.0914. The van der Waals surface area contributed by atoms with Gasteiger partial charge in [-0.15, -0.1) is 0 Å². The predicted molar refractivity (Wildman–Crippen MR) is 272 cm³/mol. The summed E-state index contributed by atoms with van der Waals surface area (Å²) in [4.78, 5) is 56.8. The SMILES string of the molecule is CCCCCCCCCCCCCCCCCCS(=O)(=O)NCCCN(CCCN(CCCCN(CCCNC(=O)OC(C)(C)C)C(=O)OC(C)(C)C)C(=O)OC(C)(C)C)C(=O)OC(C)(C)C. The molecule has 0 aromatic carbocycles. The van der Waals surface area contributed by atoms with Crippen molar-refractivity contribution in [2.24, 2.45) is 0 Å². The molecule has 396 valence electrons. The molecule has 0 atom stereocenters. The Labute approximate surface area is 409 Å². The Morgan fingerprint density at radius 1 is 0.388 bits per heavy atom. The van der Waals surface area contributed by atoms with E-state index < -0.39 is 56.8 Å². The van der Waals surface area contributed by atoms with E-state index in [1.54, 1.807) is 97.8 Å². The van der Waals surface area contributed by atoms with Gasteiger partial charge < -0.3 is 39.0 Å². The number of nitrogens with one attached hydrogen (secondary N) is 2. The highest BCUT2D eigenvalue weighted by Gasteiger charge is 2.26. The first-order valence-corrected chi connectivity index (χ1v) is 27.7. The number of rotatable bonds is 35. The van der Waals surface area contributed by atoms with Crippen LogP contribution in [0.25, 0.3) is 0 Å². The number of nitrogens with zero attached hydrogens (tertiary/aromatic N) is 3. The van der Waals surface area contributed by atoms with Crippen LogP contribution in [0.15, 0.2) is 0 Å². The molecule has 67 heavy (non-hydrogen) atoms. The summed E-state index contributed by atoms with van der Waals surface area (Å²) in [5.41, 5.74) is -2.76. The zero-order chi connectivity index (χ0) is 51.0. The molecule has 0 saturated carbocycles. The monoisotopic (exact) mass is 976 g/mol. The molecule has 4 amide bonds. The second kappa shape index (κ2) is 34.3. The number of amides is 4. The third kappa shape index (κ3) is 40.6. The Balaban J connectivity index is 5.10. The van der Waals surface area contributed by atoms with E-state index in [0.717, 1.165) is 19.3 Å². The van der Waals surface area contributed by atoms with E-state index in [1.807, 2.05) is 0 Å². The zero-order valence-corrected chi connectivity index (χ0v) is 45.9. The smallest absolute Gasteiger partial charge is 0.410 e. The third-order valence-corrected chi connectivity index (χ3v) is 11.9. The maximum Gasteiger partial charge on any atom is 0.410 e. The lowest BCUT2D eigenvalue weighted by atomic mass is 10.0. The summed E-state index contributed by atoms with van der Waals surface area (Å²) < 4.78 is 50.7. The fourth-order valence-electron chi connectivity index (χ4n) is 7.10. The molecule has 0 unspecified atom stereocenters. The van der Waals surface area contributed by atoms with Crippen LogP contribution in [0.5, 0.6) is 0 Å². The summed E-state index contributed by atoms with van der Waals surface area (Å²) in [6, 6.07) is 0. The lowest BCUT2D eigenvalue weighted by molar-refractivity contribution is 0.0181. The summed E-state index contributed by atoms with van der Waals surface area (Å²) in [7, 11) is -3.44. The number of alkyl carbamates (subject to hydrolysis) is 1. The van der Waals surface area contributed by atoms with E-state index in [0.29, 0.717) is 71.2 Å². The molecule has 0 heterocycles. The molecule has 0 bridgehead atoms. The largest absolute Gasteiger partial charge is 0.444 e. The zero-order valence-electron chi connectivity index (χ0n) is 45.0. The number of hydrogen-bond acceptors (Lipinski definition) is 10. The quantitative estimate of drug-likeness (QED) is 0.0460. The van der Waals surface area contributed by atoms with E-state index in [9.17, 15) is 27.6 Å². The molecule has 15 nitrogen and oxygen atoms in total. The Morgan fingerprint density at radius 3 is 1.03 bits per heavy atom. The van der Waals surface area contributed by atoms with Gasteiger partial charge in [-0.3, -0.25) is 0 Å². The normalized spacial score (nSPS) is 12.4. The molecule has 2 N–H and O–H groups in total. The average molecular weight is 976 g/mol. The van der Waals surface area contributed by atoms with Crippen molar-refractivity contribution in [2.45, 2.75) is 247 Å². The minimum absolute atomic E-state index is 0.0914. The molecule has 0 radical (unpaired) electrons. The van der Waals surface area contributed by atoms with Crippen LogP contribution in [-0.2, 0) is 29.0 Å². The fraction of sp³-hybridized carbons (Fsp3) is 0.922. The van der Waals surface area contributed by atoms with Crippen molar-refractivity contribution in [3.05, 3.63) is 0 Å². The molecule has 0 aliphatic carbocycles. The van der Waals surface area contributed by atoms with Crippen LogP contribution in [0.1, 0.15) is 225 Å². The molecule has 0 spiro atoms. The van der Waals surface area contributed by atoms with Crippen LogP contribution >= 0.6 is 0 Å². The third-order valence-electron chi connectivity index (χ3n) is 10.4. The van der Waals surface area contributed by atoms with Crippen molar-refractivity contribution < 1.29 is 46.5 Å². The van der Waals surface area contributed by atoms with Crippen molar-refractivity contribution >= 4 is 34.4 Å². The lowest BCUT2D eigenvalue weighted by Gasteiger charge is -2.30. The summed E-state index contributed by atoms with van der Waals surface area (Å²) >= 11 is 0. The topological polar surface area (TPSA) is 173 Å². The van der Waals surface area contributed by atoms with Gasteiger partial charge in [0.25, 0.3) is 0 Å². The van der Waals surface area contributed by atoms with Gasteiger partial charge in [-0.1, -0.05) is 103 Å². The van der Waals surface area contributed by atoms with Gasteiger partial charge in [0.05, 0.1) is 5.75 Å². The van der Waals surface area contributed by atoms with Crippen LogP contribution in [0, 0.1) is 0 Å². The lowest BCUT2D eigenvalue weighted by Crippen LogP contribution is -2.42. The van der Waals surface area contributed by atoms with Crippen molar-refractivity contribution in [1.29, 1.82) is 0 Å². The summed E-state index contributed by atoms with van der Waals surface area (Å²) in [6.45, 7) is 26.3. The van der Waals surface area contributed by atoms with Crippen LogP contribution in [0.3, 0.4) is 0 Å². The average Bonchev–Trinajstić information content (AvgIpc) is 3.17. The van der Waals surface area contributed by atoms with Crippen molar-refractivity contribution in [1.82, 2.24) is 24.7 Å². The molecule has 0 aromatic rings. The van der Waals surface area contributed by atoms with Gasteiger partial charge in [-0.05, 0) is 122 Å². The number of ether oxygens (including phenoxy) is 4. The predicted octanol–water partition coefficient (Wildman–Crippen LogP) is 12.4. The number of unbranched alkanes of at least 4 members (excludes halogenated alkanes) is 16. The Bertz CT molecular complexity index is 1450. The van der Waals surface area contributed by atoms with Gasteiger partial charge in [0, 0.05) is 52.4 Å². The highest BCUT2D eigenvalue weighted by atomic mass is 32.2. The van der Waals surface area contributed by atoms with Crippen molar-refractivity contribution in [2.75, 3.05) is 58.1 Å². The van der Waals surface area contributed by atoms with Gasteiger partial charge >= 0.3 is 24.4 Å². The Kier molecular flexibility index (Phi) is 32.8. The first kappa shape index (κ1) is 64.0. The van der Waals surface area contributed by atoms with E-state index in [2.05, 4.69) is 17.0 Å². The molecular weight excluding hydrogens is 875 g/mol. The van der Waals surface area contributed by atoms with Crippen molar-refractivity contribution in [3.63, 3.8) is 0 Å².